The summed E-state index contributed by atoms with van der Waals surface area (Å²) in [7, 11) is -3.76. The smallest absolute Gasteiger partial charge is 0.330 e. The van der Waals surface area contributed by atoms with Crippen molar-refractivity contribution in [2.75, 3.05) is 6.61 Å². The van der Waals surface area contributed by atoms with Gasteiger partial charge in [0.25, 0.3) is 10.0 Å². The SMILES string of the molecule is CCOC(=O)/C=C(C)/C=C/C=C(\C)c1cc(C(C)(C)C)cc(C(C)(C)/C=N/NS(=O)(=O)c2ccc(C)cc2)c1. The van der Waals surface area contributed by atoms with E-state index in [1.54, 1.807) is 37.4 Å². The molecule has 210 valence electrons. The van der Waals surface area contributed by atoms with Crippen LogP contribution in [0.4, 0.5) is 0 Å². The first-order valence-electron chi connectivity index (χ1n) is 13.0. The van der Waals surface area contributed by atoms with Crippen molar-refractivity contribution in [3.8, 4) is 0 Å². The fourth-order valence-corrected chi connectivity index (χ4v) is 4.41. The Morgan fingerprint density at radius 1 is 1.00 bits per heavy atom. The van der Waals surface area contributed by atoms with Gasteiger partial charge in [0.15, 0.2) is 0 Å². The quantitative estimate of drug-likeness (QED) is 0.113. The molecule has 0 saturated carbocycles. The Kier molecular flexibility index (Phi) is 10.6. The summed E-state index contributed by atoms with van der Waals surface area (Å²) >= 11 is 0. The molecular formula is C32H42N2O4S. The minimum absolute atomic E-state index is 0.0971. The Hall–Kier alpha value is -3.45. The summed E-state index contributed by atoms with van der Waals surface area (Å²) in [6.45, 7) is 18.4. The van der Waals surface area contributed by atoms with Gasteiger partial charge in [-0.15, -0.1) is 0 Å². The summed E-state index contributed by atoms with van der Waals surface area (Å²) in [6.07, 6.45) is 8.88. The number of rotatable bonds is 10. The predicted molar refractivity (Wildman–Crippen MR) is 161 cm³/mol. The third-order valence-corrected chi connectivity index (χ3v) is 7.47. The first-order valence-corrected chi connectivity index (χ1v) is 14.5. The molecule has 0 atom stereocenters. The van der Waals surface area contributed by atoms with E-state index in [4.69, 9.17) is 4.74 Å². The number of allylic oxidation sites excluding steroid dienone is 5. The minimum Gasteiger partial charge on any atom is -0.463 e. The second-order valence-corrected chi connectivity index (χ2v) is 12.9. The Balaban J connectivity index is 2.37. The number of carbonyl (C=O) groups excluding carboxylic acids is 1. The molecule has 1 N–H and O–H groups in total. The number of aryl methyl sites for hydroxylation is 1. The van der Waals surface area contributed by atoms with Crippen LogP contribution < -0.4 is 4.83 Å². The van der Waals surface area contributed by atoms with E-state index in [2.05, 4.69) is 48.9 Å². The van der Waals surface area contributed by atoms with Gasteiger partial charge in [-0.3, -0.25) is 0 Å². The lowest BCUT2D eigenvalue weighted by Gasteiger charge is -2.26. The van der Waals surface area contributed by atoms with Crippen LogP contribution in [0.1, 0.15) is 77.6 Å². The van der Waals surface area contributed by atoms with Crippen LogP contribution in [0.3, 0.4) is 0 Å². The largest absolute Gasteiger partial charge is 0.463 e. The zero-order valence-corrected chi connectivity index (χ0v) is 25.4. The van der Waals surface area contributed by atoms with Crippen LogP contribution in [-0.4, -0.2) is 27.2 Å². The molecule has 0 aliphatic carbocycles. The molecule has 0 aromatic heterocycles. The molecule has 0 radical (unpaired) electrons. The summed E-state index contributed by atoms with van der Waals surface area (Å²) in [5.74, 6) is -0.354. The molecule has 0 saturated heterocycles. The summed E-state index contributed by atoms with van der Waals surface area (Å²) < 4.78 is 30.3. The second-order valence-electron chi connectivity index (χ2n) is 11.3. The van der Waals surface area contributed by atoms with Gasteiger partial charge in [-0.25, -0.2) is 9.63 Å². The zero-order valence-electron chi connectivity index (χ0n) is 24.6. The Bertz CT molecular complexity index is 1390. The van der Waals surface area contributed by atoms with Gasteiger partial charge in [-0.05, 0) is 73.1 Å². The highest BCUT2D eigenvalue weighted by Gasteiger charge is 2.24. The summed E-state index contributed by atoms with van der Waals surface area (Å²) in [5.41, 5.74) is 5.40. The van der Waals surface area contributed by atoms with Crippen LogP contribution in [-0.2, 0) is 30.4 Å². The number of benzene rings is 2. The number of nitrogens with one attached hydrogen (secondary N) is 1. The monoisotopic (exact) mass is 550 g/mol. The maximum Gasteiger partial charge on any atom is 0.330 e. The van der Waals surface area contributed by atoms with Crippen molar-refractivity contribution in [2.45, 2.75) is 78.0 Å². The molecule has 2 aromatic carbocycles. The number of ether oxygens (including phenoxy) is 1. The van der Waals surface area contributed by atoms with Crippen molar-refractivity contribution >= 4 is 27.8 Å². The number of carbonyl (C=O) groups is 1. The number of hydrogen-bond donors (Lipinski definition) is 1. The van der Waals surface area contributed by atoms with Crippen LogP contribution in [0.5, 0.6) is 0 Å². The van der Waals surface area contributed by atoms with Gasteiger partial charge in [-0.2, -0.15) is 13.5 Å². The molecule has 2 rings (SSSR count). The first-order chi connectivity index (χ1) is 18.0. The Labute approximate surface area is 234 Å². The van der Waals surface area contributed by atoms with Crippen molar-refractivity contribution < 1.29 is 17.9 Å². The standard InChI is InChI=1S/C32H42N2O4S/c1-10-38-30(35)18-24(3)12-11-13-25(4)26-19-27(31(5,6)7)21-28(20-26)32(8,9)22-33-34-39(36,37)29-16-14-23(2)15-17-29/h11-22,34H,10H2,1-9H3/b12-11+,24-18+,25-13+,33-22+. The molecule has 39 heavy (non-hydrogen) atoms. The van der Waals surface area contributed by atoms with Gasteiger partial charge in [0.05, 0.1) is 11.5 Å². The Morgan fingerprint density at radius 2 is 1.62 bits per heavy atom. The summed E-state index contributed by atoms with van der Waals surface area (Å²) in [5, 5.41) is 4.13. The lowest BCUT2D eigenvalue weighted by molar-refractivity contribution is -0.137. The highest BCUT2D eigenvalue weighted by molar-refractivity contribution is 7.89. The highest BCUT2D eigenvalue weighted by Crippen LogP contribution is 2.32. The van der Waals surface area contributed by atoms with Crippen molar-refractivity contribution in [1.29, 1.82) is 0 Å². The molecule has 2 aromatic rings. The molecular weight excluding hydrogens is 508 g/mol. The van der Waals surface area contributed by atoms with E-state index in [0.29, 0.717) is 6.61 Å². The lowest BCUT2D eigenvalue weighted by Crippen LogP contribution is -2.25. The summed E-state index contributed by atoms with van der Waals surface area (Å²) in [4.78, 5) is 14.2. The van der Waals surface area contributed by atoms with E-state index >= 15 is 0 Å². The van der Waals surface area contributed by atoms with Crippen LogP contribution >= 0.6 is 0 Å². The molecule has 0 unspecified atom stereocenters. The third-order valence-electron chi connectivity index (χ3n) is 6.23. The molecule has 0 bridgehead atoms. The van der Waals surface area contributed by atoms with Crippen molar-refractivity contribution in [3.05, 3.63) is 94.6 Å². The van der Waals surface area contributed by atoms with Crippen molar-refractivity contribution in [3.63, 3.8) is 0 Å². The number of hydrogen-bond acceptors (Lipinski definition) is 5. The van der Waals surface area contributed by atoms with Gasteiger partial charge in [-0.1, -0.05) is 88.7 Å². The average molecular weight is 551 g/mol. The van der Waals surface area contributed by atoms with E-state index in [1.807, 2.05) is 52.8 Å². The lowest BCUT2D eigenvalue weighted by atomic mass is 9.78. The summed E-state index contributed by atoms with van der Waals surface area (Å²) in [6, 6.07) is 13.1. The van der Waals surface area contributed by atoms with E-state index in [9.17, 15) is 13.2 Å². The molecule has 0 aliphatic heterocycles. The molecule has 0 spiro atoms. The minimum atomic E-state index is -3.76. The first kappa shape index (κ1) is 31.8. The normalized spacial score (nSPS) is 13.8. The molecule has 0 heterocycles. The second kappa shape index (κ2) is 13.1. The number of nitrogens with zero attached hydrogens (tertiary/aromatic N) is 1. The molecule has 0 amide bonds. The highest BCUT2D eigenvalue weighted by atomic mass is 32.2. The maximum absolute atomic E-state index is 12.7. The molecule has 0 fully saturated rings. The van der Waals surface area contributed by atoms with Gasteiger partial charge >= 0.3 is 5.97 Å². The topological polar surface area (TPSA) is 84.8 Å². The van der Waals surface area contributed by atoms with E-state index in [1.165, 1.54) is 6.08 Å². The number of sulfonamides is 1. The third kappa shape index (κ3) is 9.66. The van der Waals surface area contributed by atoms with Crippen LogP contribution in [0.15, 0.2) is 82.3 Å². The number of esters is 1. The van der Waals surface area contributed by atoms with Crippen LogP contribution in [0.25, 0.3) is 5.57 Å². The Morgan fingerprint density at radius 3 is 2.21 bits per heavy atom. The van der Waals surface area contributed by atoms with E-state index < -0.39 is 15.4 Å². The predicted octanol–water partition coefficient (Wildman–Crippen LogP) is 7.00. The molecule has 7 heteroatoms. The van der Waals surface area contributed by atoms with Gasteiger partial charge in [0.1, 0.15) is 0 Å². The molecule has 0 aliphatic rings. The molecule has 6 nitrogen and oxygen atoms in total. The fraction of sp³-hybridized carbons (Fsp3) is 0.375. The van der Waals surface area contributed by atoms with Crippen molar-refractivity contribution in [2.24, 2.45) is 5.10 Å². The van der Waals surface area contributed by atoms with Gasteiger partial charge < -0.3 is 4.74 Å². The van der Waals surface area contributed by atoms with Gasteiger partial charge in [0.2, 0.25) is 0 Å². The van der Waals surface area contributed by atoms with Crippen LogP contribution in [0.2, 0.25) is 0 Å². The fourth-order valence-electron chi connectivity index (χ4n) is 3.62. The average Bonchev–Trinajstić information content (AvgIpc) is 2.83. The van der Waals surface area contributed by atoms with E-state index in [-0.39, 0.29) is 16.3 Å². The number of hydrazone groups is 1. The van der Waals surface area contributed by atoms with Crippen LogP contribution in [0, 0.1) is 6.92 Å². The zero-order chi connectivity index (χ0) is 29.4. The van der Waals surface area contributed by atoms with Gasteiger partial charge in [0, 0.05) is 17.7 Å². The van der Waals surface area contributed by atoms with Crippen molar-refractivity contribution in [1.82, 2.24) is 4.83 Å². The maximum atomic E-state index is 12.7. The van der Waals surface area contributed by atoms with E-state index in [0.717, 1.165) is 33.4 Å².